The van der Waals surface area contributed by atoms with Gasteiger partial charge in [0.25, 0.3) is 11.8 Å². The monoisotopic (exact) mass is 417 g/mol. The molecule has 8 heteroatoms. The van der Waals surface area contributed by atoms with Crippen LogP contribution < -0.4 is 10.6 Å². The topological polar surface area (TPSA) is 97.4 Å². The third kappa shape index (κ3) is 4.89. The summed E-state index contributed by atoms with van der Waals surface area (Å²) in [7, 11) is 0. The second-order valence-electron chi connectivity index (χ2n) is 5.81. The Morgan fingerprint density at radius 1 is 1.19 bits per heavy atom. The number of pyridine rings is 1. The summed E-state index contributed by atoms with van der Waals surface area (Å²) in [4.78, 5) is 40.1. The van der Waals surface area contributed by atoms with E-state index in [1.165, 1.54) is 12.4 Å². The number of aromatic nitrogens is 1. The van der Waals surface area contributed by atoms with Crippen molar-refractivity contribution < 1.29 is 19.1 Å². The Labute approximate surface area is 158 Å². The molecule has 2 N–H and O–H groups in total. The molecule has 7 nitrogen and oxygen atoms in total. The van der Waals surface area contributed by atoms with Crippen molar-refractivity contribution in [2.24, 2.45) is 0 Å². The number of halogens is 1. The molecule has 0 unspecified atom stereocenters. The molecule has 0 radical (unpaired) electrons. The van der Waals surface area contributed by atoms with Crippen LogP contribution in [0.25, 0.3) is 0 Å². The maximum atomic E-state index is 12.2. The first kappa shape index (κ1) is 18.1. The zero-order valence-corrected chi connectivity index (χ0v) is 15.3. The minimum Gasteiger partial charge on any atom is -0.452 e. The van der Waals surface area contributed by atoms with E-state index in [1.807, 2.05) is 0 Å². The molecule has 2 amide bonds. The number of hydrogen-bond acceptors (Lipinski definition) is 5. The number of carbonyl (C=O) groups is 3. The third-order valence-electron chi connectivity index (χ3n) is 3.63. The fourth-order valence-electron chi connectivity index (χ4n) is 2.21. The van der Waals surface area contributed by atoms with Gasteiger partial charge in [0, 0.05) is 22.9 Å². The predicted molar refractivity (Wildman–Crippen MR) is 97.8 cm³/mol. The van der Waals surface area contributed by atoms with Gasteiger partial charge in [0.05, 0.1) is 16.8 Å². The molecule has 0 spiro atoms. The highest BCUT2D eigenvalue weighted by molar-refractivity contribution is 9.10. The number of benzene rings is 1. The van der Waals surface area contributed by atoms with E-state index >= 15 is 0 Å². The number of esters is 1. The molecule has 1 aliphatic rings. The Morgan fingerprint density at radius 3 is 2.69 bits per heavy atom. The Balaban J connectivity index is 1.58. The van der Waals surface area contributed by atoms with Gasteiger partial charge in [-0.25, -0.2) is 4.79 Å². The molecule has 1 heterocycles. The van der Waals surface area contributed by atoms with Crippen molar-refractivity contribution in [2.45, 2.75) is 18.9 Å². The van der Waals surface area contributed by atoms with Gasteiger partial charge in [0.1, 0.15) is 0 Å². The summed E-state index contributed by atoms with van der Waals surface area (Å²) in [6.07, 6.45) is 4.83. The zero-order chi connectivity index (χ0) is 18.5. The van der Waals surface area contributed by atoms with Crippen LogP contribution in [0.5, 0.6) is 0 Å². The summed E-state index contributed by atoms with van der Waals surface area (Å²) in [5.41, 5.74) is 0.975. The fourth-order valence-corrected chi connectivity index (χ4v) is 2.57. The Hall–Kier alpha value is -2.74. The molecule has 1 aromatic carbocycles. The third-order valence-corrected chi connectivity index (χ3v) is 4.07. The van der Waals surface area contributed by atoms with Crippen LogP contribution in [0, 0.1) is 0 Å². The molecule has 26 heavy (non-hydrogen) atoms. The average molecular weight is 418 g/mol. The van der Waals surface area contributed by atoms with Crippen molar-refractivity contribution in [2.75, 3.05) is 11.9 Å². The molecule has 2 aromatic rings. The first-order chi connectivity index (χ1) is 12.5. The molecular formula is C18H16BrN3O4. The Kier molecular flexibility index (Phi) is 5.62. The lowest BCUT2D eigenvalue weighted by Gasteiger charge is -2.11. The van der Waals surface area contributed by atoms with Crippen molar-refractivity contribution in [1.82, 2.24) is 10.3 Å². The van der Waals surface area contributed by atoms with E-state index in [0.717, 1.165) is 12.8 Å². The summed E-state index contributed by atoms with van der Waals surface area (Å²) in [6.45, 7) is -0.468. The minimum absolute atomic E-state index is 0.214. The van der Waals surface area contributed by atoms with Crippen molar-refractivity contribution >= 4 is 39.4 Å². The molecule has 0 saturated heterocycles. The standard InChI is InChI=1S/C18H16BrN3O4/c19-12-7-11(8-20-9-12)18(25)26-10-16(23)22-15-4-2-1-3-14(15)17(24)21-13-5-6-13/h1-4,7-9,13H,5-6,10H2,(H,21,24)(H,22,23). The smallest absolute Gasteiger partial charge is 0.340 e. The van der Waals surface area contributed by atoms with E-state index < -0.39 is 18.5 Å². The van der Waals surface area contributed by atoms with E-state index in [0.29, 0.717) is 15.7 Å². The highest BCUT2D eigenvalue weighted by Crippen LogP contribution is 2.21. The van der Waals surface area contributed by atoms with Crippen LogP contribution in [-0.2, 0) is 9.53 Å². The lowest BCUT2D eigenvalue weighted by molar-refractivity contribution is -0.119. The number of carbonyl (C=O) groups excluding carboxylic acids is 3. The number of hydrogen-bond donors (Lipinski definition) is 2. The fraction of sp³-hybridized carbons (Fsp3) is 0.222. The van der Waals surface area contributed by atoms with Crippen molar-refractivity contribution in [3.63, 3.8) is 0 Å². The van der Waals surface area contributed by atoms with Crippen molar-refractivity contribution in [3.05, 3.63) is 58.3 Å². The number of amides is 2. The van der Waals surface area contributed by atoms with Gasteiger partial charge < -0.3 is 15.4 Å². The largest absolute Gasteiger partial charge is 0.452 e. The predicted octanol–water partition coefficient (Wildman–Crippen LogP) is 2.53. The molecule has 3 rings (SSSR count). The van der Waals surface area contributed by atoms with Crippen LogP contribution in [0.4, 0.5) is 5.69 Å². The molecule has 0 bridgehead atoms. The highest BCUT2D eigenvalue weighted by atomic mass is 79.9. The van der Waals surface area contributed by atoms with Gasteiger partial charge in [0.2, 0.25) is 0 Å². The second kappa shape index (κ2) is 8.09. The van der Waals surface area contributed by atoms with Crippen LogP contribution in [0.1, 0.15) is 33.6 Å². The summed E-state index contributed by atoms with van der Waals surface area (Å²) in [5, 5.41) is 5.48. The second-order valence-corrected chi connectivity index (χ2v) is 6.73. The number of para-hydroxylation sites is 1. The highest BCUT2D eigenvalue weighted by Gasteiger charge is 2.25. The van der Waals surface area contributed by atoms with E-state index in [1.54, 1.807) is 30.3 Å². The summed E-state index contributed by atoms with van der Waals surface area (Å²) < 4.78 is 5.61. The molecule has 1 saturated carbocycles. The number of nitrogens with zero attached hydrogens (tertiary/aromatic N) is 1. The van der Waals surface area contributed by atoms with Gasteiger partial charge in [-0.3, -0.25) is 14.6 Å². The van der Waals surface area contributed by atoms with Crippen LogP contribution in [-0.4, -0.2) is 35.4 Å². The number of anilines is 1. The summed E-state index contributed by atoms with van der Waals surface area (Å²) in [6, 6.07) is 8.45. The van der Waals surface area contributed by atoms with E-state index in [2.05, 4.69) is 31.5 Å². The summed E-state index contributed by atoms with van der Waals surface area (Å²) in [5.74, 6) is -1.43. The molecular weight excluding hydrogens is 402 g/mol. The number of rotatable bonds is 6. The molecule has 0 aliphatic heterocycles. The molecule has 134 valence electrons. The lowest BCUT2D eigenvalue weighted by Crippen LogP contribution is -2.28. The normalized spacial score (nSPS) is 13.0. The number of nitrogens with one attached hydrogen (secondary N) is 2. The van der Waals surface area contributed by atoms with Crippen LogP contribution in [0.15, 0.2) is 47.2 Å². The first-order valence-corrected chi connectivity index (χ1v) is 8.79. The van der Waals surface area contributed by atoms with Crippen LogP contribution in [0.3, 0.4) is 0 Å². The minimum atomic E-state index is -0.659. The van der Waals surface area contributed by atoms with Crippen molar-refractivity contribution in [3.8, 4) is 0 Å². The maximum absolute atomic E-state index is 12.2. The van der Waals surface area contributed by atoms with Gasteiger partial charge in [-0.15, -0.1) is 0 Å². The van der Waals surface area contributed by atoms with Crippen molar-refractivity contribution in [1.29, 1.82) is 0 Å². The van der Waals surface area contributed by atoms with Crippen LogP contribution in [0.2, 0.25) is 0 Å². The van der Waals surface area contributed by atoms with Gasteiger partial charge in [-0.2, -0.15) is 0 Å². The molecule has 1 fully saturated rings. The maximum Gasteiger partial charge on any atom is 0.340 e. The van der Waals surface area contributed by atoms with Crippen LogP contribution >= 0.6 is 15.9 Å². The lowest BCUT2D eigenvalue weighted by atomic mass is 10.1. The van der Waals surface area contributed by atoms with Gasteiger partial charge in [-0.1, -0.05) is 12.1 Å². The summed E-state index contributed by atoms with van der Waals surface area (Å²) >= 11 is 3.21. The molecule has 1 aromatic heterocycles. The first-order valence-electron chi connectivity index (χ1n) is 8.00. The van der Waals surface area contributed by atoms with Gasteiger partial charge >= 0.3 is 5.97 Å². The zero-order valence-electron chi connectivity index (χ0n) is 13.7. The Bertz CT molecular complexity index is 852. The van der Waals surface area contributed by atoms with E-state index in [9.17, 15) is 14.4 Å². The van der Waals surface area contributed by atoms with E-state index in [-0.39, 0.29) is 17.5 Å². The van der Waals surface area contributed by atoms with E-state index in [4.69, 9.17) is 4.74 Å². The quantitative estimate of drug-likeness (QED) is 0.703. The van der Waals surface area contributed by atoms with Gasteiger partial charge in [0.15, 0.2) is 6.61 Å². The molecule has 1 aliphatic carbocycles. The van der Waals surface area contributed by atoms with Gasteiger partial charge in [-0.05, 0) is 47.0 Å². The SMILES string of the molecule is O=C(COC(=O)c1cncc(Br)c1)Nc1ccccc1C(=O)NC1CC1. The molecule has 0 atom stereocenters. The number of ether oxygens (including phenoxy) is 1. The Morgan fingerprint density at radius 2 is 1.96 bits per heavy atom. The average Bonchev–Trinajstić information content (AvgIpc) is 3.44.